The summed E-state index contributed by atoms with van der Waals surface area (Å²) in [5.74, 6) is -0.511. The second-order valence-corrected chi connectivity index (χ2v) is 5.21. The van der Waals surface area contributed by atoms with E-state index in [0.29, 0.717) is 11.3 Å². The van der Waals surface area contributed by atoms with Gasteiger partial charge in [0.2, 0.25) is 5.95 Å². The Morgan fingerprint density at radius 2 is 2.00 bits per heavy atom. The van der Waals surface area contributed by atoms with E-state index < -0.39 is 5.97 Å². The van der Waals surface area contributed by atoms with Crippen LogP contribution in [0, 0.1) is 0 Å². The Kier molecular flexibility index (Phi) is 5.83. The molecule has 0 bridgehead atoms. The van der Waals surface area contributed by atoms with E-state index >= 15 is 0 Å². The fraction of sp³-hybridized carbons (Fsp3) is 0.294. The summed E-state index contributed by atoms with van der Waals surface area (Å²) in [6, 6.07) is 8.44. The standard InChI is InChI=1S/C17H20N4O3/c1-4-11(2)19-15(22)14-9-10-18-17(21-14)20-13-8-6-5-7-12(13)16(23)24-3/h5-11H,4H2,1-3H3,(H,19,22)(H,18,20,21). The molecule has 2 N–H and O–H groups in total. The van der Waals surface area contributed by atoms with Crippen LogP contribution in [0.2, 0.25) is 0 Å². The third-order valence-electron chi connectivity index (χ3n) is 3.46. The Bertz CT molecular complexity index is 733. The van der Waals surface area contributed by atoms with E-state index in [1.165, 1.54) is 19.4 Å². The van der Waals surface area contributed by atoms with Gasteiger partial charge in [0.05, 0.1) is 18.4 Å². The first-order valence-corrected chi connectivity index (χ1v) is 7.63. The number of carbonyl (C=O) groups is 2. The summed E-state index contributed by atoms with van der Waals surface area (Å²) >= 11 is 0. The molecule has 0 aliphatic rings. The van der Waals surface area contributed by atoms with Crippen LogP contribution in [0.15, 0.2) is 36.5 Å². The van der Waals surface area contributed by atoms with Crippen LogP contribution < -0.4 is 10.6 Å². The van der Waals surface area contributed by atoms with Crippen molar-refractivity contribution in [3.05, 3.63) is 47.8 Å². The zero-order valence-electron chi connectivity index (χ0n) is 13.9. The molecule has 0 aliphatic heterocycles. The number of ether oxygens (including phenoxy) is 1. The molecule has 24 heavy (non-hydrogen) atoms. The fourth-order valence-corrected chi connectivity index (χ4v) is 1.95. The smallest absolute Gasteiger partial charge is 0.339 e. The van der Waals surface area contributed by atoms with Crippen LogP contribution in [0.3, 0.4) is 0 Å². The third kappa shape index (κ3) is 4.28. The van der Waals surface area contributed by atoms with Crippen molar-refractivity contribution in [1.82, 2.24) is 15.3 Å². The minimum atomic E-state index is -0.469. The highest BCUT2D eigenvalue weighted by molar-refractivity contribution is 5.96. The van der Waals surface area contributed by atoms with Crippen LogP contribution >= 0.6 is 0 Å². The summed E-state index contributed by atoms with van der Waals surface area (Å²) in [4.78, 5) is 32.2. The first-order chi connectivity index (χ1) is 11.5. The molecule has 1 atom stereocenters. The van der Waals surface area contributed by atoms with E-state index in [0.717, 1.165) is 6.42 Å². The van der Waals surface area contributed by atoms with Crippen molar-refractivity contribution in [2.24, 2.45) is 0 Å². The lowest BCUT2D eigenvalue weighted by molar-refractivity contribution is 0.0601. The van der Waals surface area contributed by atoms with Crippen molar-refractivity contribution >= 4 is 23.5 Å². The summed E-state index contributed by atoms with van der Waals surface area (Å²) in [5, 5.41) is 5.79. The number of rotatable bonds is 6. The van der Waals surface area contributed by atoms with Crippen LogP contribution in [0.25, 0.3) is 0 Å². The van der Waals surface area contributed by atoms with E-state index in [2.05, 4.69) is 20.6 Å². The predicted octanol–water partition coefficient (Wildman–Crippen LogP) is 2.54. The number of anilines is 2. The normalized spacial score (nSPS) is 11.5. The molecular formula is C17H20N4O3. The summed E-state index contributed by atoms with van der Waals surface area (Å²) < 4.78 is 4.75. The van der Waals surface area contributed by atoms with E-state index in [1.807, 2.05) is 13.8 Å². The average molecular weight is 328 g/mol. The lowest BCUT2D eigenvalue weighted by Crippen LogP contribution is -2.32. The molecule has 126 valence electrons. The van der Waals surface area contributed by atoms with Gasteiger partial charge in [0.15, 0.2) is 0 Å². The van der Waals surface area contributed by atoms with Gasteiger partial charge >= 0.3 is 5.97 Å². The molecular weight excluding hydrogens is 308 g/mol. The number of nitrogens with zero attached hydrogens (tertiary/aromatic N) is 2. The summed E-state index contributed by atoms with van der Waals surface area (Å²) in [5.41, 5.74) is 1.12. The van der Waals surface area contributed by atoms with Crippen molar-refractivity contribution in [2.75, 3.05) is 12.4 Å². The zero-order chi connectivity index (χ0) is 17.5. The van der Waals surface area contributed by atoms with E-state index in [4.69, 9.17) is 4.74 Å². The molecule has 0 radical (unpaired) electrons. The Morgan fingerprint density at radius 1 is 1.25 bits per heavy atom. The number of amides is 1. The molecule has 7 nitrogen and oxygen atoms in total. The second-order valence-electron chi connectivity index (χ2n) is 5.21. The maximum absolute atomic E-state index is 12.1. The Morgan fingerprint density at radius 3 is 2.71 bits per heavy atom. The molecule has 7 heteroatoms. The predicted molar refractivity (Wildman–Crippen MR) is 90.3 cm³/mol. The number of hydrogen-bond acceptors (Lipinski definition) is 6. The molecule has 1 aromatic heterocycles. The lowest BCUT2D eigenvalue weighted by Gasteiger charge is -2.12. The zero-order valence-corrected chi connectivity index (χ0v) is 13.9. The molecule has 1 unspecified atom stereocenters. The van der Waals surface area contributed by atoms with Crippen LogP contribution in [0.4, 0.5) is 11.6 Å². The van der Waals surface area contributed by atoms with E-state index in [9.17, 15) is 9.59 Å². The SMILES string of the molecule is CCC(C)NC(=O)c1ccnc(Nc2ccccc2C(=O)OC)n1. The van der Waals surface area contributed by atoms with Crippen molar-refractivity contribution in [2.45, 2.75) is 26.3 Å². The third-order valence-corrected chi connectivity index (χ3v) is 3.46. The molecule has 0 saturated carbocycles. The van der Waals surface area contributed by atoms with E-state index in [1.54, 1.807) is 24.3 Å². The molecule has 1 aromatic carbocycles. The molecule has 1 heterocycles. The second kappa shape index (κ2) is 8.05. The molecule has 0 saturated heterocycles. The highest BCUT2D eigenvalue weighted by Crippen LogP contribution is 2.19. The summed E-state index contributed by atoms with van der Waals surface area (Å²) in [6.45, 7) is 3.91. The monoisotopic (exact) mass is 328 g/mol. The van der Waals surface area contributed by atoms with Gasteiger partial charge in [-0.05, 0) is 31.5 Å². The Labute approximate surface area is 140 Å². The van der Waals surface area contributed by atoms with Crippen molar-refractivity contribution in [3.8, 4) is 0 Å². The topological polar surface area (TPSA) is 93.2 Å². The number of hydrogen-bond donors (Lipinski definition) is 2. The van der Waals surface area contributed by atoms with Crippen molar-refractivity contribution in [1.29, 1.82) is 0 Å². The van der Waals surface area contributed by atoms with Gasteiger partial charge < -0.3 is 15.4 Å². The average Bonchev–Trinajstić information content (AvgIpc) is 2.61. The quantitative estimate of drug-likeness (QED) is 0.792. The first kappa shape index (κ1) is 17.4. The Balaban J connectivity index is 2.22. The van der Waals surface area contributed by atoms with Crippen LogP contribution in [-0.2, 0) is 4.74 Å². The van der Waals surface area contributed by atoms with Gasteiger partial charge in [-0.25, -0.2) is 14.8 Å². The highest BCUT2D eigenvalue weighted by Gasteiger charge is 2.14. The van der Waals surface area contributed by atoms with Crippen LogP contribution in [-0.4, -0.2) is 35.0 Å². The summed E-state index contributed by atoms with van der Waals surface area (Å²) in [7, 11) is 1.31. The minimum Gasteiger partial charge on any atom is -0.465 e. The minimum absolute atomic E-state index is 0.0592. The number of esters is 1. The van der Waals surface area contributed by atoms with Crippen molar-refractivity contribution < 1.29 is 14.3 Å². The summed E-state index contributed by atoms with van der Waals surface area (Å²) in [6.07, 6.45) is 2.32. The molecule has 0 spiro atoms. The van der Waals surface area contributed by atoms with Crippen LogP contribution in [0.1, 0.15) is 41.1 Å². The number of para-hydroxylation sites is 1. The Hall–Kier alpha value is -2.96. The number of aromatic nitrogens is 2. The van der Waals surface area contributed by atoms with Gasteiger partial charge in [0, 0.05) is 12.2 Å². The number of methoxy groups -OCH3 is 1. The maximum Gasteiger partial charge on any atom is 0.339 e. The molecule has 2 aromatic rings. The number of carbonyl (C=O) groups excluding carboxylic acids is 2. The van der Waals surface area contributed by atoms with Crippen LogP contribution in [0.5, 0.6) is 0 Å². The molecule has 1 amide bonds. The van der Waals surface area contributed by atoms with Gasteiger partial charge in [-0.2, -0.15) is 0 Å². The molecule has 0 fully saturated rings. The first-order valence-electron chi connectivity index (χ1n) is 7.63. The van der Waals surface area contributed by atoms with Gasteiger partial charge in [-0.3, -0.25) is 4.79 Å². The molecule has 2 rings (SSSR count). The number of nitrogens with one attached hydrogen (secondary N) is 2. The largest absolute Gasteiger partial charge is 0.465 e. The van der Waals surface area contributed by atoms with Crippen molar-refractivity contribution in [3.63, 3.8) is 0 Å². The maximum atomic E-state index is 12.1. The highest BCUT2D eigenvalue weighted by atomic mass is 16.5. The fourth-order valence-electron chi connectivity index (χ4n) is 1.95. The van der Waals surface area contributed by atoms with Gasteiger partial charge in [-0.15, -0.1) is 0 Å². The van der Waals surface area contributed by atoms with E-state index in [-0.39, 0.29) is 23.6 Å². The molecule has 0 aliphatic carbocycles. The van der Waals surface area contributed by atoms with Gasteiger partial charge in [-0.1, -0.05) is 19.1 Å². The number of benzene rings is 1. The van der Waals surface area contributed by atoms with Gasteiger partial charge in [0.1, 0.15) is 5.69 Å². The van der Waals surface area contributed by atoms with Gasteiger partial charge in [0.25, 0.3) is 5.91 Å². The lowest BCUT2D eigenvalue weighted by atomic mass is 10.2.